The molecular weight excluding hydrogens is 436 g/mol. The fraction of sp³-hybridized carbons (Fsp3) is 0.136. The molecule has 2 aromatic carbocycles. The van der Waals surface area contributed by atoms with Crippen molar-refractivity contribution in [2.45, 2.75) is 6.54 Å². The van der Waals surface area contributed by atoms with Gasteiger partial charge in [0, 0.05) is 15.5 Å². The van der Waals surface area contributed by atoms with Crippen LogP contribution in [-0.4, -0.2) is 34.4 Å². The first-order chi connectivity index (χ1) is 15.1. The quantitative estimate of drug-likeness (QED) is 0.403. The van der Waals surface area contributed by atoms with Crippen molar-refractivity contribution in [1.82, 2.24) is 14.8 Å². The minimum Gasteiger partial charge on any atom is -0.497 e. The van der Waals surface area contributed by atoms with Crippen LogP contribution in [0, 0.1) is 0 Å². The molecular formula is C22H19ClN4O3S. The standard InChI is InChI=1S/C22H19ClN4O3S/c1-29-17-8-4-15(5-9-17)21-25-22(24-13-19-3-2-12-31-19)27(26-21)20(28)14-30-18-10-6-16(23)7-11-18/h2-12H,13-14H2,1H3,(H,24,25,26). The fourth-order valence-electron chi connectivity index (χ4n) is 2.78. The van der Waals surface area contributed by atoms with Gasteiger partial charge < -0.3 is 14.8 Å². The molecule has 0 saturated carbocycles. The largest absolute Gasteiger partial charge is 0.497 e. The van der Waals surface area contributed by atoms with Gasteiger partial charge in [-0.3, -0.25) is 4.79 Å². The van der Waals surface area contributed by atoms with E-state index in [9.17, 15) is 4.79 Å². The summed E-state index contributed by atoms with van der Waals surface area (Å²) in [4.78, 5) is 18.5. The SMILES string of the molecule is COc1ccc(-c2nc(NCc3cccs3)n(C(=O)COc3ccc(Cl)cc3)n2)cc1. The Morgan fingerprint density at radius 3 is 2.52 bits per heavy atom. The summed E-state index contributed by atoms with van der Waals surface area (Å²) in [5.41, 5.74) is 0.769. The Morgan fingerprint density at radius 1 is 1.10 bits per heavy atom. The van der Waals surface area contributed by atoms with Gasteiger partial charge in [0.2, 0.25) is 5.95 Å². The number of aromatic nitrogens is 3. The Kier molecular flexibility index (Phi) is 6.49. The lowest BCUT2D eigenvalue weighted by Crippen LogP contribution is -2.22. The van der Waals surface area contributed by atoms with Crippen molar-refractivity contribution < 1.29 is 14.3 Å². The van der Waals surface area contributed by atoms with Crippen molar-refractivity contribution in [1.29, 1.82) is 0 Å². The number of thiophene rings is 1. The number of ether oxygens (including phenoxy) is 2. The van der Waals surface area contributed by atoms with Gasteiger partial charge in [-0.2, -0.15) is 9.67 Å². The number of nitrogens with one attached hydrogen (secondary N) is 1. The van der Waals surface area contributed by atoms with E-state index in [-0.39, 0.29) is 12.5 Å². The normalized spacial score (nSPS) is 10.6. The zero-order chi connectivity index (χ0) is 21.6. The number of hydrogen-bond acceptors (Lipinski definition) is 7. The zero-order valence-corrected chi connectivity index (χ0v) is 18.2. The van der Waals surface area contributed by atoms with E-state index in [1.165, 1.54) is 4.68 Å². The van der Waals surface area contributed by atoms with Crippen LogP contribution in [0.2, 0.25) is 5.02 Å². The van der Waals surface area contributed by atoms with Crippen LogP contribution in [0.15, 0.2) is 66.0 Å². The molecule has 31 heavy (non-hydrogen) atoms. The van der Waals surface area contributed by atoms with Gasteiger partial charge in [0.15, 0.2) is 12.4 Å². The Hall–Kier alpha value is -3.36. The summed E-state index contributed by atoms with van der Waals surface area (Å²) in [6.07, 6.45) is 0. The summed E-state index contributed by atoms with van der Waals surface area (Å²) in [5, 5.41) is 10.2. The lowest BCUT2D eigenvalue weighted by molar-refractivity contribution is 0.0824. The topological polar surface area (TPSA) is 78.3 Å². The predicted octanol–water partition coefficient (Wildman–Crippen LogP) is 5.00. The molecule has 0 amide bonds. The van der Waals surface area contributed by atoms with Crippen LogP contribution in [0.25, 0.3) is 11.4 Å². The van der Waals surface area contributed by atoms with Gasteiger partial charge in [0.1, 0.15) is 11.5 Å². The first kappa shape index (κ1) is 20.9. The molecule has 0 unspecified atom stereocenters. The molecule has 2 heterocycles. The molecule has 7 nitrogen and oxygen atoms in total. The van der Waals surface area contributed by atoms with Crippen molar-refractivity contribution in [3.05, 3.63) is 75.9 Å². The van der Waals surface area contributed by atoms with Gasteiger partial charge >= 0.3 is 0 Å². The summed E-state index contributed by atoms with van der Waals surface area (Å²) in [5.74, 6) is 1.70. The van der Waals surface area contributed by atoms with Gasteiger partial charge in [0.05, 0.1) is 13.7 Å². The molecule has 2 aromatic heterocycles. The van der Waals surface area contributed by atoms with Crippen LogP contribution >= 0.6 is 22.9 Å². The average molecular weight is 455 g/mol. The van der Waals surface area contributed by atoms with E-state index in [1.807, 2.05) is 41.8 Å². The molecule has 0 aliphatic carbocycles. The lowest BCUT2D eigenvalue weighted by Gasteiger charge is -2.08. The summed E-state index contributed by atoms with van der Waals surface area (Å²) in [6, 6.07) is 18.1. The third-order valence-corrected chi connectivity index (χ3v) is 5.50. The second kappa shape index (κ2) is 9.63. The van der Waals surface area contributed by atoms with Gasteiger partial charge in [-0.15, -0.1) is 16.4 Å². The molecule has 158 valence electrons. The van der Waals surface area contributed by atoms with Crippen molar-refractivity contribution >= 4 is 34.8 Å². The van der Waals surface area contributed by atoms with Crippen LogP contribution in [0.4, 0.5) is 5.95 Å². The Bertz CT molecular complexity index is 1140. The maximum atomic E-state index is 12.9. The number of carbonyl (C=O) groups excluding carboxylic acids is 1. The lowest BCUT2D eigenvalue weighted by atomic mass is 10.2. The summed E-state index contributed by atoms with van der Waals surface area (Å²) in [6.45, 7) is 0.338. The number of rotatable bonds is 8. The molecule has 0 saturated heterocycles. The van der Waals surface area contributed by atoms with Crippen LogP contribution in [-0.2, 0) is 6.54 Å². The second-order valence-corrected chi connectivity index (χ2v) is 7.94. The molecule has 0 aliphatic heterocycles. The monoisotopic (exact) mass is 454 g/mol. The molecule has 0 bridgehead atoms. The van der Waals surface area contributed by atoms with E-state index in [1.54, 1.807) is 42.7 Å². The van der Waals surface area contributed by atoms with Crippen molar-refractivity contribution in [2.24, 2.45) is 0 Å². The summed E-state index contributed by atoms with van der Waals surface area (Å²) >= 11 is 7.51. The van der Waals surface area contributed by atoms with E-state index in [4.69, 9.17) is 21.1 Å². The molecule has 0 aliphatic rings. The van der Waals surface area contributed by atoms with Crippen LogP contribution < -0.4 is 14.8 Å². The van der Waals surface area contributed by atoms with Gasteiger partial charge in [-0.05, 0) is 60.0 Å². The van der Waals surface area contributed by atoms with Crippen LogP contribution in [0.1, 0.15) is 9.67 Å². The first-order valence-corrected chi connectivity index (χ1v) is 10.7. The highest BCUT2D eigenvalue weighted by molar-refractivity contribution is 7.09. The summed E-state index contributed by atoms with van der Waals surface area (Å²) in [7, 11) is 1.61. The molecule has 9 heteroatoms. The maximum Gasteiger partial charge on any atom is 0.287 e. The highest BCUT2D eigenvalue weighted by atomic mass is 35.5. The Labute approximate surface area is 188 Å². The third-order valence-electron chi connectivity index (χ3n) is 4.37. The fourth-order valence-corrected chi connectivity index (χ4v) is 3.55. The average Bonchev–Trinajstić information content (AvgIpc) is 3.47. The van der Waals surface area contributed by atoms with Gasteiger partial charge in [0.25, 0.3) is 5.91 Å². The molecule has 4 aromatic rings. The summed E-state index contributed by atoms with van der Waals surface area (Å²) < 4.78 is 12.0. The molecule has 4 rings (SSSR count). The molecule has 0 atom stereocenters. The molecule has 0 fully saturated rings. The first-order valence-electron chi connectivity index (χ1n) is 9.41. The number of halogens is 1. The Morgan fingerprint density at radius 2 is 1.84 bits per heavy atom. The van der Waals surface area contributed by atoms with Crippen molar-refractivity contribution in [3.63, 3.8) is 0 Å². The molecule has 1 N–H and O–H groups in total. The predicted molar refractivity (Wildman–Crippen MR) is 121 cm³/mol. The smallest absolute Gasteiger partial charge is 0.287 e. The molecule has 0 radical (unpaired) electrons. The van der Waals surface area contributed by atoms with Crippen LogP contribution in [0.3, 0.4) is 0 Å². The van der Waals surface area contributed by atoms with E-state index >= 15 is 0 Å². The van der Waals surface area contributed by atoms with Crippen LogP contribution in [0.5, 0.6) is 11.5 Å². The van der Waals surface area contributed by atoms with Crippen molar-refractivity contribution in [2.75, 3.05) is 19.0 Å². The Balaban J connectivity index is 1.55. The number of hydrogen-bond donors (Lipinski definition) is 1. The number of anilines is 1. The number of carbonyl (C=O) groups is 1. The van der Waals surface area contributed by atoms with E-state index < -0.39 is 0 Å². The van der Waals surface area contributed by atoms with E-state index in [0.717, 1.165) is 16.2 Å². The zero-order valence-electron chi connectivity index (χ0n) is 16.6. The van der Waals surface area contributed by atoms with Gasteiger partial charge in [-0.25, -0.2) is 0 Å². The maximum absolute atomic E-state index is 12.9. The minimum atomic E-state index is -0.351. The third kappa shape index (κ3) is 5.22. The highest BCUT2D eigenvalue weighted by Gasteiger charge is 2.18. The number of benzene rings is 2. The van der Waals surface area contributed by atoms with Gasteiger partial charge in [-0.1, -0.05) is 17.7 Å². The number of methoxy groups -OCH3 is 1. The molecule has 0 spiro atoms. The van der Waals surface area contributed by atoms with Crippen molar-refractivity contribution in [3.8, 4) is 22.9 Å². The second-order valence-electron chi connectivity index (χ2n) is 6.47. The van der Waals surface area contributed by atoms with E-state index in [0.29, 0.717) is 29.1 Å². The minimum absolute atomic E-state index is 0.194. The highest BCUT2D eigenvalue weighted by Crippen LogP contribution is 2.22. The van der Waals surface area contributed by atoms with E-state index in [2.05, 4.69) is 15.4 Å². The number of nitrogens with zero attached hydrogens (tertiary/aromatic N) is 3.